The number of pyridine rings is 1. The molecule has 148 valence electrons. The molecule has 0 saturated carbocycles. The molecule has 0 spiro atoms. The van der Waals surface area contributed by atoms with E-state index in [1.54, 1.807) is 37.5 Å². The molecular weight excluding hydrogens is 356 g/mol. The lowest BCUT2D eigenvalue weighted by Crippen LogP contribution is -2.30. The Kier molecular flexibility index (Phi) is 6.26. The number of aromatic nitrogens is 1. The van der Waals surface area contributed by atoms with E-state index in [0.717, 1.165) is 26.1 Å². The minimum Gasteiger partial charge on any atom is -0.449 e. The highest BCUT2D eigenvalue weighted by Gasteiger charge is 2.33. The number of anilines is 3. The van der Waals surface area contributed by atoms with E-state index >= 15 is 0 Å². The third-order valence-electron chi connectivity index (χ3n) is 4.94. The van der Waals surface area contributed by atoms with Crippen LogP contribution in [-0.4, -0.2) is 55.2 Å². The molecule has 0 fully saturated rings. The minimum absolute atomic E-state index is 0.215. The van der Waals surface area contributed by atoms with Crippen molar-refractivity contribution in [3.8, 4) is 0 Å². The normalized spacial score (nSPS) is 13.2. The molecule has 0 bridgehead atoms. The molecule has 2 aromatic rings. The first-order chi connectivity index (χ1) is 13.6. The average Bonchev–Trinajstić information content (AvgIpc) is 2.82. The number of carbonyl (C=O) groups excluding carboxylic acids is 2. The number of nitrogens with zero attached hydrogens (tertiary/aromatic N) is 4. The molecule has 0 radical (unpaired) electrons. The van der Waals surface area contributed by atoms with Crippen LogP contribution in [0.2, 0.25) is 0 Å². The van der Waals surface area contributed by atoms with Crippen LogP contribution in [0, 0.1) is 0 Å². The zero-order valence-electron chi connectivity index (χ0n) is 16.6. The number of hydrogen-bond acceptors (Lipinski definition) is 5. The maximum absolute atomic E-state index is 13.0. The van der Waals surface area contributed by atoms with E-state index in [1.807, 2.05) is 12.1 Å². The monoisotopic (exact) mass is 382 g/mol. The third kappa shape index (κ3) is 3.84. The molecule has 28 heavy (non-hydrogen) atoms. The molecule has 7 heteroatoms. The van der Waals surface area contributed by atoms with Gasteiger partial charge in [-0.2, -0.15) is 0 Å². The summed E-state index contributed by atoms with van der Waals surface area (Å²) in [6, 6.07) is 10.6. The quantitative estimate of drug-likeness (QED) is 0.713. The van der Waals surface area contributed by atoms with Crippen LogP contribution in [0.4, 0.5) is 22.0 Å². The molecule has 0 N–H and O–H groups in total. The first-order valence-electron chi connectivity index (χ1n) is 9.59. The van der Waals surface area contributed by atoms with E-state index in [-0.39, 0.29) is 11.7 Å². The fraction of sp³-hybridized carbons (Fsp3) is 0.381. The van der Waals surface area contributed by atoms with Crippen LogP contribution in [0.25, 0.3) is 0 Å². The van der Waals surface area contributed by atoms with Crippen molar-refractivity contribution in [2.24, 2.45) is 0 Å². The van der Waals surface area contributed by atoms with Crippen LogP contribution in [-0.2, 0) is 4.74 Å². The standard InChI is InChI=1S/C21H26N4O3/c1-4-24(5-2)14-9-15-28-21(27)25-18-12-7-6-11-17(18)23(3)20(26)16-10-8-13-22-19(16)25/h6-8,10-13H,4-5,9,14-15H2,1-3H3. The summed E-state index contributed by atoms with van der Waals surface area (Å²) in [5, 5.41) is 0. The fourth-order valence-corrected chi connectivity index (χ4v) is 3.32. The molecule has 0 saturated heterocycles. The van der Waals surface area contributed by atoms with E-state index in [0.29, 0.717) is 23.5 Å². The van der Waals surface area contributed by atoms with E-state index < -0.39 is 6.09 Å². The van der Waals surface area contributed by atoms with Gasteiger partial charge >= 0.3 is 6.09 Å². The van der Waals surface area contributed by atoms with E-state index in [2.05, 4.69) is 23.7 Å². The highest BCUT2D eigenvalue weighted by atomic mass is 16.6. The lowest BCUT2D eigenvalue weighted by atomic mass is 10.2. The Morgan fingerprint density at radius 3 is 2.54 bits per heavy atom. The Labute approximate surface area is 165 Å². The molecular formula is C21H26N4O3. The Bertz CT molecular complexity index is 851. The summed E-state index contributed by atoms with van der Waals surface area (Å²) in [5.41, 5.74) is 1.57. The zero-order chi connectivity index (χ0) is 20.1. The highest BCUT2D eigenvalue weighted by molar-refractivity contribution is 6.16. The van der Waals surface area contributed by atoms with Crippen molar-refractivity contribution in [2.75, 3.05) is 43.1 Å². The van der Waals surface area contributed by atoms with Crippen LogP contribution in [0.5, 0.6) is 0 Å². The molecule has 3 rings (SSSR count). The molecule has 1 aromatic heterocycles. The van der Waals surface area contributed by atoms with Crippen molar-refractivity contribution in [3.63, 3.8) is 0 Å². The first-order valence-corrected chi connectivity index (χ1v) is 9.59. The smallest absolute Gasteiger partial charge is 0.420 e. The van der Waals surface area contributed by atoms with Crippen molar-refractivity contribution < 1.29 is 14.3 Å². The molecule has 7 nitrogen and oxygen atoms in total. The molecule has 0 unspecified atom stereocenters. The van der Waals surface area contributed by atoms with Crippen LogP contribution in [0.3, 0.4) is 0 Å². The Morgan fingerprint density at radius 2 is 1.82 bits per heavy atom. The largest absolute Gasteiger partial charge is 0.449 e. The predicted molar refractivity (Wildman–Crippen MR) is 109 cm³/mol. The van der Waals surface area contributed by atoms with Crippen molar-refractivity contribution >= 4 is 29.2 Å². The number of hydrogen-bond donors (Lipinski definition) is 0. The van der Waals surface area contributed by atoms with Gasteiger partial charge in [-0.1, -0.05) is 26.0 Å². The van der Waals surface area contributed by atoms with Gasteiger partial charge in [-0.3, -0.25) is 4.79 Å². The van der Waals surface area contributed by atoms with E-state index in [4.69, 9.17) is 4.74 Å². The molecule has 2 heterocycles. The van der Waals surface area contributed by atoms with Gasteiger partial charge in [0.15, 0.2) is 5.82 Å². The lowest BCUT2D eigenvalue weighted by molar-refractivity contribution is 0.0994. The number of benzene rings is 1. The van der Waals surface area contributed by atoms with Gasteiger partial charge in [-0.25, -0.2) is 14.7 Å². The molecule has 1 aliphatic rings. The fourth-order valence-electron chi connectivity index (χ4n) is 3.32. The number of fused-ring (bicyclic) bond motifs is 2. The van der Waals surface area contributed by atoms with Crippen molar-refractivity contribution in [3.05, 3.63) is 48.2 Å². The van der Waals surface area contributed by atoms with Gasteiger partial charge in [0.1, 0.15) is 0 Å². The summed E-state index contributed by atoms with van der Waals surface area (Å²) in [6.07, 6.45) is 1.78. The SMILES string of the molecule is CCN(CC)CCCOC(=O)N1c2ccccc2N(C)C(=O)c2cccnc21. The second kappa shape index (κ2) is 8.84. The number of rotatable bonds is 6. The van der Waals surface area contributed by atoms with E-state index in [9.17, 15) is 9.59 Å². The van der Waals surface area contributed by atoms with Crippen LogP contribution in [0.1, 0.15) is 30.6 Å². The maximum Gasteiger partial charge on any atom is 0.420 e. The zero-order valence-corrected chi connectivity index (χ0v) is 16.6. The average molecular weight is 382 g/mol. The number of carbonyl (C=O) groups is 2. The van der Waals surface area contributed by atoms with Gasteiger partial charge in [-0.15, -0.1) is 0 Å². The number of ether oxygens (including phenoxy) is 1. The predicted octanol–water partition coefficient (Wildman–Crippen LogP) is 3.68. The minimum atomic E-state index is -0.532. The second-order valence-electron chi connectivity index (χ2n) is 6.56. The van der Waals surface area contributed by atoms with Gasteiger partial charge in [0.25, 0.3) is 5.91 Å². The summed E-state index contributed by atoms with van der Waals surface area (Å²) in [4.78, 5) is 35.4. The Balaban J connectivity index is 1.87. The van der Waals surface area contributed by atoms with Crippen molar-refractivity contribution in [2.45, 2.75) is 20.3 Å². The van der Waals surface area contributed by atoms with E-state index in [1.165, 1.54) is 9.80 Å². The second-order valence-corrected chi connectivity index (χ2v) is 6.56. The molecule has 1 aliphatic heterocycles. The maximum atomic E-state index is 13.0. The van der Waals surface area contributed by atoms with Gasteiger partial charge < -0.3 is 14.5 Å². The Morgan fingerprint density at radius 1 is 1.11 bits per heavy atom. The molecule has 0 atom stereocenters. The summed E-state index contributed by atoms with van der Waals surface area (Å²) in [6.45, 7) is 7.33. The highest BCUT2D eigenvalue weighted by Crippen LogP contribution is 2.39. The summed E-state index contributed by atoms with van der Waals surface area (Å²) >= 11 is 0. The third-order valence-corrected chi connectivity index (χ3v) is 4.94. The summed E-state index contributed by atoms with van der Waals surface area (Å²) in [5.74, 6) is 0.0745. The Hall–Kier alpha value is -2.93. The first kappa shape index (κ1) is 19.8. The topological polar surface area (TPSA) is 66.0 Å². The van der Waals surface area contributed by atoms with Gasteiger partial charge in [0, 0.05) is 19.8 Å². The number of amides is 2. The summed E-state index contributed by atoms with van der Waals surface area (Å²) in [7, 11) is 1.69. The molecule has 2 amide bonds. The molecule has 0 aliphatic carbocycles. The van der Waals surface area contributed by atoms with Crippen LogP contribution in [0.15, 0.2) is 42.6 Å². The number of para-hydroxylation sites is 2. The van der Waals surface area contributed by atoms with Gasteiger partial charge in [-0.05, 0) is 43.8 Å². The van der Waals surface area contributed by atoms with Crippen LogP contribution >= 0.6 is 0 Å². The van der Waals surface area contributed by atoms with Gasteiger partial charge in [0.05, 0.1) is 23.5 Å². The van der Waals surface area contributed by atoms with Crippen LogP contribution < -0.4 is 9.80 Å². The lowest BCUT2D eigenvalue weighted by Gasteiger charge is -2.23. The summed E-state index contributed by atoms with van der Waals surface area (Å²) < 4.78 is 5.55. The molecule has 1 aromatic carbocycles. The van der Waals surface area contributed by atoms with Crippen molar-refractivity contribution in [1.29, 1.82) is 0 Å². The van der Waals surface area contributed by atoms with Crippen molar-refractivity contribution in [1.82, 2.24) is 9.88 Å². The van der Waals surface area contributed by atoms with Gasteiger partial charge in [0.2, 0.25) is 0 Å².